The average molecular weight is 345 g/mol. The lowest BCUT2D eigenvalue weighted by Gasteiger charge is -2.33. The summed E-state index contributed by atoms with van der Waals surface area (Å²) >= 11 is 0. The highest BCUT2D eigenvalue weighted by atomic mass is 16.5. The molecule has 2 aromatic rings. The first kappa shape index (κ1) is 17.6. The molecule has 2 aromatic heterocycles. The SMILES string of the molecule is Cc1cc(C)n(CCC(=O)N2CCCCC2c2nc(C(C)C)no2)n1. The number of carbonyl (C=O) groups is 1. The Morgan fingerprint density at radius 1 is 1.36 bits per heavy atom. The standard InChI is InChI=1S/C18H27N5O2/c1-12(2)17-19-18(25-21-17)15-7-5-6-9-22(15)16(24)8-10-23-14(4)11-13(3)20-23/h11-12,15H,5-10H2,1-4H3. The van der Waals surface area contributed by atoms with Crippen LogP contribution in [0.25, 0.3) is 0 Å². The molecule has 0 saturated carbocycles. The largest absolute Gasteiger partial charge is 0.337 e. The predicted octanol–water partition coefficient (Wildman–Crippen LogP) is 3.15. The van der Waals surface area contributed by atoms with Crippen molar-refractivity contribution in [3.63, 3.8) is 0 Å². The van der Waals surface area contributed by atoms with Gasteiger partial charge in [-0.1, -0.05) is 19.0 Å². The first-order valence-electron chi connectivity index (χ1n) is 9.09. The van der Waals surface area contributed by atoms with Gasteiger partial charge in [0.25, 0.3) is 0 Å². The van der Waals surface area contributed by atoms with Gasteiger partial charge in [-0.2, -0.15) is 10.1 Å². The minimum atomic E-state index is -0.0956. The van der Waals surface area contributed by atoms with Gasteiger partial charge < -0.3 is 9.42 Å². The Morgan fingerprint density at radius 2 is 2.16 bits per heavy atom. The summed E-state index contributed by atoms with van der Waals surface area (Å²) in [7, 11) is 0. The Labute approximate surface area is 148 Å². The van der Waals surface area contributed by atoms with Crippen molar-refractivity contribution in [3.8, 4) is 0 Å². The molecule has 0 aromatic carbocycles. The van der Waals surface area contributed by atoms with Crippen molar-refractivity contribution in [2.45, 2.75) is 71.9 Å². The van der Waals surface area contributed by atoms with Gasteiger partial charge in [-0.3, -0.25) is 9.48 Å². The van der Waals surface area contributed by atoms with Crippen LogP contribution in [-0.2, 0) is 11.3 Å². The number of likely N-dealkylation sites (tertiary alicyclic amines) is 1. The van der Waals surface area contributed by atoms with Crippen LogP contribution in [0.1, 0.15) is 74.6 Å². The molecular formula is C18H27N5O2. The number of rotatable bonds is 5. The predicted molar refractivity (Wildman–Crippen MR) is 93.0 cm³/mol. The van der Waals surface area contributed by atoms with E-state index in [4.69, 9.17) is 4.52 Å². The van der Waals surface area contributed by atoms with Crippen LogP contribution >= 0.6 is 0 Å². The van der Waals surface area contributed by atoms with Crippen molar-refractivity contribution >= 4 is 5.91 Å². The third kappa shape index (κ3) is 3.91. The fourth-order valence-electron chi connectivity index (χ4n) is 3.35. The summed E-state index contributed by atoms with van der Waals surface area (Å²) in [4.78, 5) is 19.2. The van der Waals surface area contributed by atoms with E-state index >= 15 is 0 Å². The molecular weight excluding hydrogens is 318 g/mol. The molecule has 0 radical (unpaired) electrons. The molecule has 25 heavy (non-hydrogen) atoms. The summed E-state index contributed by atoms with van der Waals surface area (Å²) in [5, 5.41) is 8.49. The van der Waals surface area contributed by atoms with Gasteiger partial charge in [0.1, 0.15) is 6.04 Å². The molecule has 0 spiro atoms. The number of hydrogen-bond donors (Lipinski definition) is 0. The third-order valence-corrected chi connectivity index (χ3v) is 4.72. The summed E-state index contributed by atoms with van der Waals surface area (Å²) < 4.78 is 7.36. The van der Waals surface area contributed by atoms with Gasteiger partial charge in [-0.05, 0) is 39.2 Å². The zero-order valence-corrected chi connectivity index (χ0v) is 15.5. The number of aromatic nitrogens is 4. The topological polar surface area (TPSA) is 77.0 Å². The number of aryl methyl sites for hydroxylation is 3. The fraction of sp³-hybridized carbons (Fsp3) is 0.667. The van der Waals surface area contributed by atoms with Crippen LogP contribution < -0.4 is 0 Å². The van der Waals surface area contributed by atoms with Gasteiger partial charge >= 0.3 is 0 Å². The normalized spacial score (nSPS) is 18.1. The summed E-state index contributed by atoms with van der Waals surface area (Å²) in [6.45, 7) is 9.40. The molecule has 0 aliphatic carbocycles. The Kier molecular flexibility index (Phi) is 5.20. The molecule has 0 N–H and O–H groups in total. The van der Waals surface area contributed by atoms with E-state index in [0.717, 1.165) is 37.2 Å². The molecule has 136 valence electrons. The lowest BCUT2D eigenvalue weighted by atomic mass is 10.0. The van der Waals surface area contributed by atoms with Crippen LogP contribution in [-0.4, -0.2) is 37.3 Å². The minimum absolute atomic E-state index is 0.0956. The molecule has 1 aliphatic heterocycles. The van der Waals surface area contributed by atoms with Crippen LogP contribution in [0.3, 0.4) is 0 Å². The van der Waals surface area contributed by atoms with Crippen molar-refractivity contribution in [1.82, 2.24) is 24.8 Å². The van der Waals surface area contributed by atoms with E-state index in [-0.39, 0.29) is 17.9 Å². The highest BCUT2D eigenvalue weighted by Crippen LogP contribution is 2.31. The highest BCUT2D eigenvalue weighted by molar-refractivity contribution is 5.76. The lowest BCUT2D eigenvalue weighted by molar-refractivity contribution is -0.136. The summed E-state index contributed by atoms with van der Waals surface area (Å²) in [6.07, 6.45) is 3.41. The van der Waals surface area contributed by atoms with Gasteiger partial charge in [0.15, 0.2) is 5.82 Å². The van der Waals surface area contributed by atoms with Gasteiger partial charge in [-0.15, -0.1) is 0 Å². The Bertz CT molecular complexity index is 734. The van der Waals surface area contributed by atoms with Gasteiger partial charge in [-0.25, -0.2) is 0 Å². The summed E-state index contributed by atoms with van der Waals surface area (Å²) in [5.74, 6) is 1.62. The number of hydrogen-bond acceptors (Lipinski definition) is 5. The Morgan fingerprint density at radius 3 is 2.80 bits per heavy atom. The smallest absolute Gasteiger partial charge is 0.249 e. The zero-order chi connectivity index (χ0) is 18.0. The van der Waals surface area contributed by atoms with E-state index in [1.807, 2.05) is 43.3 Å². The summed E-state index contributed by atoms with van der Waals surface area (Å²) in [6, 6.07) is 1.93. The average Bonchev–Trinajstić information content (AvgIpc) is 3.19. The maximum atomic E-state index is 12.8. The van der Waals surface area contributed by atoms with Gasteiger partial charge in [0.2, 0.25) is 11.8 Å². The quantitative estimate of drug-likeness (QED) is 0.832. The Balaban J connectivity index is 1.69. The first-order valence-corrected chi connectivity index (χ1v) is 9.09. The molecule has 1 aliphatic rings. The number of amides is 1. The second-order valence-electron chi connectivity index (χ2n) is 7.14. The second kappa shape index (κ2) is 7.37. The highest BCUT2D eigenvalue weighted by Gasteiger charge is 2.32. The van der Waals surface area contributed by atoms with Crippen molar-refractivity contribution in [2.24, 2.45) is 0 Å². The molecule has 1 amide bonds. The Hall–Kier alpha value is -2.18. The maximum absolute atomic E-state index is 12.8. The van der Waals surface area contributed by atoms with Crippen LogP contribution in [0.2, 0.25) is 0 Å². The van der Waals surface area contributed by atoms with Crippen molar-refractivity contribution in [3.05, 3.63) is 29.2 Å². The molecule has 3 heterocycles. The van der Waals surface area contributed by atoms with Crippen LogP contribution in [0.5, 0.6) is 0 Å². The van der Waals surface area contributed by atoms with Crippen LogP contribution in [0, 0.1) is 13.8 Å². The van der Waals surface area contributed by atoms with Crippen molar-refractivity contribution in [2.75, 3.05) is 6.54 Å². The van der Waals surface area contributed by atoms with E-state index in [1.165, 1.54) is 0 Å². The molecule has 0 bridgehead atoms. The third-order valence-electron chi connectivity index (χ3n) is 4.72. The fourth-order valence-corrected chi connectivity index (χ4v) is 3.35. The van der Waals surface area contributed by atoms with Crippen LogP contribution in [0.4, 0.5) is 0 Å². The minimum Gasteiger partial charge on any atom is -0.337 e. The zero-order valence-electron chi connectivity index (χ0n) is 15.5. The van der Waals surface area contributed by atoms with E-state index in [0.29, 0.717) is 24.7 Å². The van der Waals surface area contributed by atoms with Gasteiger partial charge in [0, 0.05) is 31.1 Å². The first-order chi connectivity index (χ1) is 12.0. The molecule has 7 heteroatoms. The lowest BCUT2D eigenvalue weighted by Crippen LogP contribution is -2.39. The van der Waals surface area contributed by atoms with Crippen LogP contribution in [0.15, 0.2) is 10.6 Å². The van der Waals surface area contributed by atoms with E-state index in [9.17, 15) is 4.79 Å². The number of carbonyl (C=O) groups excluding carboxylic acids is 1. The molecule has 1 unspecified atom stereocenters. The monoisotopic (exact) mass is 345 g/mol. The van der Waals surface area contributed by atoms with E-state index < -0.39 is 0 Å². The van der Waals surface area contributed by atoms with E-state index in [1.54, 1.807) is 0 Å². The summed E-state index contributed by atoms with van der Waals surface area (Å²) in [5.41, 5.74) is 2.06. The van der Waals surface area contributed by atoms with Crippen molar-refractivity contribution in [1.29, 1.82) is 0 Å². The molecule has 7 nitrogen and oxygen atoms in total. The van der Waals surface area contributed by atoms with Gasteiger partial charge in [0.05, 0.1) is 5.69 Å². The number of nitrogens with zero attached hydrogens (tertiary/aromatic N) is 5. The number of piperidine rings is 1. The maximum Gasteiger partial charge on any atom is 0.249 e. The molecule has 1 fully saturated rings. The van der Waals surface area contributed by atoms with Crippen molar-refractivity contribution < 1.29 is 9.32 Å². The molecule has 1 atom stereocenters. The van der Waals surface area contributed by atoms with E-state index in [2.05, 4.69) is 15.2 Å². The molecule has 1 saturated heterocycles. The second-order valence-corrected chi connectivity index (χ2v) is 7.14. The molecule has 3 rings (SSSR count).